The van der Waals surface area contributed by atoms with Gasteiger partial charge in [-0.25, -0.2) is 0 Å². The predicted octanol–water partition coefficient (Wildman–Crippen LogP) is 4.44. The van der Waals surface area contributed by atoms with Crippen LogP contribution in [0.25, 0.3) is 0 Å². The Hall–Kier alpha value is -0.500. The monoisotopic (exact) mass is 256 g/mol. The van der Waals surface area contributed by atoms with Gasteiger partial charge in [0.2, 0.25) is 0 Å². The number of halogens is 1. The van der Waals surface area contributed by atoms with Gasteiger partial charge in [-0.1, -0.05) is 27.7 Å². The molecule has 17 heavy (non-hydrogen) atoms. The number of hydrogen-bond donors (Lipinski definition) is 0. The first-order valence-corrected chi connectivity index (χ1v) is 7.20. The van der Waals surface area contributed by atoms with Crippen LogP contribution >= 0.6 is 11.6 Å². The van der Waals surface area contributed by atoms with Gasteiger partial charge >= 0.3 is 0 Å². The molecule has 0 saturated heterocycles. The summed E-state index contributed by atoms with van der Waals surface area (Å²) in [5.41, 5.74) is 1.17. The van der Waals surface area contributed by atoms with E-state index in [0.717, 1.165) is 25.7 Å². The lowest BCUT2D eigenvalue weighted by atomic mass is 10.0. The molecule has 0 fully saturated rings. The van der Waals surface area contributed by atoms with Crippen molar-refractivity contribution in [3.63, 3.8) is 0 Å². The fraction of sp³-hybridized carbons (Fsp3) is 0.786. The molecule has 1 heterocycles. The van der Waals surface area contributed by atoms with Crippen molar-refractivity contribution < 1.29 is 0 Å². The smallest absolute Gasteiger partial charge is 0.0625 e. The van der Waals surface area contributed by atoms with Crippen LogP contribution in [0.15, 0.2) is 12.3 Å². The molecule has 1 aromatic rings. The van der Waals surface area contributed by atoms with Gasteiger partial charge in [-0.15, -0.1) is 11.6 Å². The number of hydrogen-bond acceptors (Lipinski definition) is 1. The summed E-state index contributed by atoms with van der Waals surface area (Å²) in [6.45, 7) is 8.76. The molecule has 0 saturated carbocycles. The lowest BCUT2D eigenvalue weighted by Crippen LogP contribution is -2.10. The quantitative estimate of drug-likeness (QED) is 0.660. The van der Waals surface area contributed by atoms with Crippen LogP contribution in [0, 0.1) is 5.92 Å². The molecule has 0 aliphatic rings. The molecule has 1 atom stereocenters. The summed E-state index contributed by atoms with van der Waals surface area (Å²) in [6, 6.07) is 2.67. The molecule has 0 radical (unpaired) electrons. The zero-order valence-corrected chi connectivity index (χ0v) is 12.2. The van der Waals surface area contributed by atoms with E-state index < -0.39 is 0 Å². The van der Waals surface area contributed by atoms with Crippen molar-refractivity contribution in [2.75, 3.05) is 0 Å². The average Bonchev–Trinajstić information content (AvgIpc) is 2.76. The second-order valence-electron chi connectivity index (χ2n) is 5.06. The molecule has 0 amide bonds. The Morgan fingerprint density at radius 1 is 1.29 bits per heavy atom. The van der Waals surface area contributed by atoms with Gasteiger partial charge in [-0.3, -0.25) is 4.68 Å². The standard InChI is InChI=1S/C14H25ClN2/c1-5-13(6-2)17-10-9-12(16-17)7-8-14(15)11(3)4/h9-11,13-14H,5-8H2,1-4H3. The Balaban J connectivity index is 2.51. The second-order valence-corrected chi connectivity index (χ2v) is 5.62. The van der Waals surface area contributed by atoms with Crippen LogP contribution in [-0.2, 0) is 6.42 Å². The number of rotatable bonds is 7. The molecule has 0 spiro atoms. The molecule has 2 nitrogen and oxygen atoms in total. The summed E-state index contributed by atoms with van der Waals surface area (Å²) >= 11 is 6.25. The molecule has 0 aromatic carbocycles. The molecule has 0 N–H and O–H groups in total. The van der Waals surface area contributed by atoms with Crippen molar-refractivity contribution in [2.45, 2.75) is 64.8 Å². The first-order valence-electron chi connectivity index (χ1n) is 6.76. The fourth-order valence-corrected chi connectivity index (χ4v) is 2.11. The van der Waals surface area contributed by atoms with Gasteiger partial charge in [0.15, 0.2) is 0 Å². The summed E-state index contributed by atoms with van der Waals surface area (Å²) in [4.78, 5) is 0. The van der Waals surface area contributed by atoms with E-state index in [4.69, 9.17) is 11.6 Å². The molecule has 0 aliphatic heterocycles. The van der Waals surface area contributed by atoms with Crippen LogP contribution in [0.5, 0.6) is 0 Å². The third-order valence-corrected chi connectivity index (χ3v) is 4.10. The maximum absolute atomic E-state index is 6.25. The Morgan fingerprint density at radius 3 is 2.47 bits per heavy atom. The van der Waals surface area contributed by atoms with E-state index in [-0.39, 0.29) is 5.38 Å². The molecule has 1 unspecified atom stereocenters. The summed E-state index contributed by atoms with van der Waals surface area (Å²) < 4.78 is 2.11. The maximum atomic E-state index is 6.25. The van der Waals surface area contributed by atoms with Crippen LogP contribution < -0.4 is 0 Å². The fourth-order valence-electron chi connectivity index (χ4n) is 2.00. The van der Waals surface area contributed by atoms with Crippen molar-refractivity contribution in [3.8, 4) is 0 Å². The average molecular weight is 257 g/mol. The highest BCUT2D eigenvalue weighted by Crippen LogP contribution is 2.18. The van der Waals surface area contributed by atoms with Crippen LogP contribution in [0.3, 0.4) is 0 Å². The minimum Gasteiger partial charge on any atom is -0.269 e. The Bertz CT molecular complexity index is 316. The first kappa shape index (κ1) is 14.6. The van der Waals surface area contributed by atoms with Crippen molar-refractivity contribution >= 4 is 11.6 Å². The molecule has 0 bridgehead atoms. The number of aryl methyl sites for hydroxylation is 1. The molecular formula is C14H25ClN2. The molecule has 3 heteroatoms. The van der Waals surface area contributed by atoms with E-state index >= 15 is 0 Å². The number of aromatic nitrogens is 2. The molecule has 1 rings (SSSR count). The summed E-state index contributed by atoms with van der Waals surface area (Å²) in [6.07, 6.45) is 6.38. The Morgan fingerprint density at radius 2 is 1.94 bits per heavy atom. The SMILES string of the molecule is CCC(CC)n1ccc(CCC(Cl)C(C)C)n1. The third-order valence-electron chi connectivity index (χ3n) is 3.38. The number of nitrogens with zero attached hydrogens (tertiary/aromatic N) is 2. The summed E-state index contributed by atoms with van der Waals surface area (Å²) in [5.74, 6) is 0.540. The van der Waals surface area contributed by atoms with E-state index in [9.17, 15) is 0 Å². The molecule has 1 aromatic heterocycles. The highest BCUT2D eigenvalue weighted by Gasteiger charge is 2.12. The van der Waals surface area contributed by atoms with E-state index in [1.165, 1.54) is 5.69 Å². The molecular weight excluding hydrogens is 232 g/mol. The van der Waals surface area contributed by atoms with Crippen molar-refractivity contribution in [3.05, 3.63) is 18.0 Å². The summed E-state index contributed by atoms with van der Waals surface area (Å²) in [7, 11) is 0. The number of alkyl halides is 1. The van der Waals surface area contributed by atoms with E-state index in [1.54, 1.807) is 0 Å². The van der Waals surface area contributed by atoms with Gasteiger partial charge in [0.25, 0.3) is 0 Å². The second kappa shape index (κ2) is 7.05. The normalized spacial score (nSPS) is 13.6. The third kappa shape index (κ3) is 4.34. The van der Waals surface area contributed by atoms with Crippen LogP contribution in [0.2, 0.25) is 0 Å². The maximum Gasteiger partial charge on any atom is 0.0625 e. The van der Waals surface area contributed by atoms with E-state index in [2.05, 4.69) is 49.7 Å². The zero-order chi connectivity index (χ0) is 12.8. The van der Waals surface area contributed by atoms with Crippen LogP contribution in [0.4, 0.5) is 0 Å². The van der Waals surface area contributed by atoms with Crippen LogP contribution in [0.1, 0.15) is 58.7 Å². The zero-order valence-electron chi connectivity index (χ0n) is 11.5. The minimum absolute atomic E-state index is 0.258. The molecule has 0 aliphatic carbocycles. The van der Waals surface area contributed by atoms with Gasteiger partial charge in [0.05, 0.1) is 11.7 Å². The highest BCUT2D eigenvalue weighted by atomic mass is 35.5. The Labute approximate surface area is 110 Å². The topological polar surface area (TPSA) is 17.8 Å². The largest absolute Gasteiger partial charge is 0.269 e. The van der Waals surface area contributed by atoms with Crippen molar-refractivity contribution in [2.24, 2.45) is 5.92 Å². The van der Waals surface area contributed by atoms with Gasteiger partial charge in [-0.2, -0.15) is 5.10 Å². The van der Waals surface area contributed by atoms with Crippen LogP contribution in [-0.4, -0.2) is 15.2 Å². The highest BCUT2D eigenvalue weighted by molar-refractivity contribution is 6.20. The van der Waals surface area contributed by atoms with Gasteiger partial charge in [0.1, 0.15) is 0 Å². The first-order chi connectivity index (χ1) is 8.08. The lowest BCUT2D eigenvalue weighted by molar-refractivity contribution is 0.424. The molecule has 98 valence electrons. The van der Waals surface area contributed by atoms with Gasteiger partial charge in [0, 0.05) is 11.6 Å². The van der Waals surface area contributed by atoms with E-state index in [1.807, 2.05) is 0 Å². The summed E-state index contributed by atoms with van der Waals surface area (Å²) in [5, 5.41) is 4.90. The van der Waals surface area contributed by atoms with Gasteiger partial charge in [-0.05, 0) is 37.7 Å². The van der Waals surface area contributed by atoms with E-state index in [0.29, 0.717) is 12.0 Å². The van der Waals surface area contributed by atoms with Crippen molar-refractivity contribution in [1.29, 1.82) is 0 Å². The Kier molecular flexibility index (Phi) is 6.04. The van der Waals surface area contributed by atoms with Crippen molar-refractivity contribution in [1.82, 2.24) is 9.78 Å². The lowest BCUT2D eigenvalue weighted by Gasteiger charge is -2.13. The van der Waals surface area contributed by atoms with Gasteiger partial charge < -0.3 is 0 Å². The predicted molar refractivity (Wildman–Crippen MR) is 74.6 cm³/mol. The minimum atomic E-state index is 0.258.